The average Bonchev–Trinajstić information content (AvgIpc) is 3.19. The van der Waals surface area contributed by atoms with Gasteiger partial charge in [-0.25, -0.2) is 4.98 Å². The van der Waals surface area contributed by atoms with Crippen LogP contribution in [0.3, 0.4) is 0 Å². The fourth-order valence-corrected chi connectivity index (χ4v) is 3.94. The molecule has 136 valence electrons. The van der Waals surface area contributed by atoms with Crippen LogP contribution < -0.4 is 4.74 Å². The molecule has 1 aliphatic carbocycles. The van der Waals surface area contributed by atoms with Gasteiger partial charge >= 0.3 is 0 Å². The Bertz CT molecular complexity index is 826. The van der Waals surface area contributed by atoms with Crippen molar-refractivity contribution in [3.05, 3.63) is 52.7 Å². The molecule has 1 aromatic heterocycles. The summed E-state index contributed by atoms with van der Waals surface area (Å²) in [6, 6.07) is 10.1. The first-order valence-corrected chi connectivity index (χ1v) is 9.50. The maximum absolute atomic E-state index is 9.65. The number of aryl methyl sites for hydroxylation is 2. The third-order valence-electron chi connectivity index (χ3n) is 5.30. The number of oxime groups is 1. The van der Waals surface area contributed by atoms with E-state index >= 15 is 0 Å². The maximum atomic E-state index is 9.65. The second-order valence-electron chi connectivity index (χ2n) is 7.13. The van der Waals surface area contributed by atoms with Gasteiger partial charge in [-0.3, -0.25) is 0 Å². The van der Waals surface area contributed by atoms with Gasteiger partial charge in [-0.05, 0) is 74.8 Å². The number of aromatic nitrogens is 1. The molecule has 4 rings (SSSR count). The fraction of sp³-hybridized carbons (Fsp3) is 0.429. The van der Waals surface area contributed by atoms with Crippen molar-refractivity contribution >= 4 is 5.84 Å². The predicted molar refractivity (Wildman–Crippen MR) is 101 cm³/mol. The van der Waals surface area contributed by atoms with Gasteiger partial charge in [0, 0.05) is 18.8 Å². The zero-order valence-electron chi connectivity index (χ0n) is 15.2. The van der Waals surface area contributed by atoms with Gasteiger partial charge in [0.15, 0.2) is 5.84 Å². The summed E-state index contributed by atoms with van der Waals surface area (Å²) in [5.74, 6) is 1.94. The summed E-state index contributed by atoms with van der Waals surface area (Å²) in [5.41, 5.74) is 4.29. The number of amidine groups is 1. The van der Waals surface area contributed by atoms with Gasteiger partial charge in [0.05, 0.1) is 5.56 Å². The molecule has 0 radical (unpaired) electrons. The molecule has 1 aliphatic heterocycles. The van der Waals surface area contributed by atoms with Crippen LogP contribution in [-0.2, 0) is 12.8 Å². The van der Waals surface area contributed by atoms with Crippen molar-refractivity contribution in [1.82, 2.24) is 9.88 Å². The third kappa shape index (κ3) is 3.26. The Hall–Kier alpha value is -2.56. The van der Waals surface area contributed by atoms with Crippen molar-refractivity contribution in [2.45, 2.75) is 45.4 Å². The van der Waals surface area contributed by atoms with Gasteiger partial charge in [0.1, 0.15) is 5.75 Å². The SMILES string of the molecule is Cc1ccc(/C(=N/O)N2CCCC2)c(Oc2cccc3c2CCCC3)n1. The molecule has 0 bridgehead atoms. The van der Waals surface area contributed by atoms with Crippen LogP contribution in [0.2, 0.25) is 0 Å². The van der Waals surface area contributed by atoms with Crippen molar-refractivity contribution in [3.8, 4) is 11.6 Å². The highest BCUT2D eigenvalue weighted by Crippen LogP contribution is 2.34. The molecule has 2 heterocycles. The first kappa shape index (κ1) is 16.9. The monoisotopic (exact) mass is 351 g/mol. The highest BCUT2D eigenvalue weighted by Gasteiger charge is 2.24. The van der Waals surface area contributed by atoms with Crippen molar-refractivity contribution in [1.29, 1.82) is 0 Å². The Balaban J connectivity index is 1.72. The third-order valence-corrected chi connectivity index (χ3v) is 5.30. The van der Waals surface area contributed by atoms with E-state index in [9.17, 15) is 5.21 Å². The number of nitrogens with zero attached hydrogens (tertiary/aromatic N) is 3. The van der Waals surface area contributed by atoms with Crippen molar-refractivity contribution in [2.24, 2.45) is 5.16 Å². The van der Waals surface area contributed by atoms with Crippen LogP contribution in [-0.4, -0.2) is 34.0 Å². The molecule has 2 aliphatic rings. The van der Waals surface area contributed by atoms with E-state index in [1.807, 2.05) is 25.1 Å². The molecule has 0 amide bonds. The van der Waals surface area contributed by atoms with E-state index in [4.69, 9.17) is 4.74 Å². The minimum atomic E-state index is 0.517. The fourth-order valence-electron chi connectivity index (χ4n) is 3.94. The highest BCUT2D eigenvalue weighted by molar-refractivity contribution is 6.00. The number of ether oxygens (including phenoxy) is 1. The molecule has 26 heavy (non-hydrogen) atoms. The number of pyridine rings is 1. The maximum Gasteiger partial charge on any atom is 0.230 e. The summed E-state index contributed by atoms with van der Waals surface area (Å²) in [6.07, 6.45) is 6.80. The van der Waals surface area contributed by atoms with E-state index < -0.39 is 0 Å². The van der Waals surface area contributed by atoms with E-state index in [0.717, 1.165) is 55.8 Å². The Morgan fingerprint density at radius 3 is 2.69 bits per heavy atom. The van der Waals surface area contributed by atoms with Crippen LogP contribution in [0.1, 0.15) is 48.1 Å². The molecular formula is C21H25N3O2. The standard InChI is InChI=1S/C21H25N3O2/c1-15-11-12-18(20(23-25)24-13-4-5-14-24)21(22-15)26-19-10-6-8-16-7-2-3-9-17(16)19/h6,8,10-12,25H,2-5,7,9,13-14H2,1H3/b23-20-. The van der Waals surface area contributed by atoms with Gasteiger partial charge in [-0.15, -0.1) is 0 Å². The molecule has 1 aromatic carbocycles. The summed E-state index contributed by atoms with van der Waals surface area (Å²) in [7, 11) is 0. The van der Waals surface area contributed by atoms with E-state index in [-0.39, 0.29) is 0 Å². The lowest BCUT2D eigenvalue weighted by Gasteiger charge is -2.22. The molecular weight excluding hydrogens is 326 g/mol. The topological polar surface area (TPSA) is 58.0 Å². The van der Waals surface area contributed by atoms with Crippen LogP contribution >= 0.6 is 0 Å². The van der Waals surface area contributed by atoms with Crippen molar-refractivity contribution in [3.63, 3.8) is 0 Å². The lowest BCUT2D eigenvalue weighted by atomic mass is 9.91. The quantitative estimate of drug-likeness (QED) is 0.388. The van der Waals surface area contributed by atoms with E-state index in [1.54, 1.807) is 0 Å². The predicted octanol–water partition coefficient (Wildman–Crippen LogP) is 4.29. The number of hydrogen-bond donors (Lipinski definition) is 1. The summed E-state index contributed by atoms with van der Waals surface area (Å²) < 4.78 is 6.30. The number of rotatable bonds is 3. The Morgan fingerprint density at radius 1 is 1.08 bits per heavy atom. The summed E-state index contributed by atoms with van der Waals surface area (Å²) in [6.45, 7) is 3.74. The van der Waals surface area contributed by atoms with Gasteiger partial charge in [0.25, 0.3) is 0 Å². The molecule has 1 N–H and O–H groups in total. The number of hydrogen-bond acceptors (Lipinski definition) is 4. The van der Waals surface area contributed by atoms with E-state index in [2.05, 4.69) is 27.2 Å². The van der Waals surface area contributed by atoms with E-state index in [1.165, 1.54) is 24.0 Å². The first-order chi connectivity index (χ1) is 12.8. The molecule has 5 heteroatoms. The van der Waals surface area contributed by atoms with Crippen LogP contribution in [0.4, 0.5) is 0 Å². The summed E-state index contributed by atoms with van der Waals surface area (Å²) >= 11 is 0. The normalized spacial score (nSPS) is 17.3. The minimum Gasteiger partial charge on any atom is -0.438 e. The summed E-state index contributed by atoms with van der Waals surface area (Å²) in [5, 5.41) is 13.2. The van der Waals surface area contributed by atoms with Crippen LogP contribution in [0, 0.1) is 6.92 Å². The second-order valence-corrected chi connectivity index (χ2v) is 7.13. The Kier molecular flexibility index (Phi) is 4.78. The van der Waals surface area contributed by atoms with Gasteiger partial charge in [-0.1, -0.05) is 17.3 Å². The molecule has 0 spiro atoms. The number of fused-ring (bicyclic) bond motifs is 1. The molecule has 1 saturated heterocycles. The highest BCUT2D eigenvalue weighted by atomic mass is 16.5. The number of benzene rings is 1. The Morgan fingerprint density at radius 2 is 1.88 bits per heavy atom. The van der Waals surface area contributed by atoms with Gasteiger partial charge in [-0.2, -0.15) is 0 Å². The van der Waals surface area contributed by atoms with Crippen LogP contribution in [0.15, 0.2) is 35.5 Å². The zero-order valence-corrected chi connectivity index (χ0v) is 15.2. The molecule has 5 nitrogen and oxygen atoms in total. The van der Waals surface area contributed by atoms with Crippen molar-refractivity contribution < 1.29 is 9.94 Å². The summed E-state index contributed by atoms with van der Waals surface area (Å²) in [4.78, 5) is 6.71. The smallest absolute Gasteiger partial charge is 0.230 e. The minimum absolute atomic E-state index is 0.517. The Labute approximate surface area is 154 Å². The molecule has 0 unspecified atom stereocenters. The first-order valence-electron chi connectivity index (χ1n) is 9.50. The number of likely N-dealkylation sites (tertiary alicyclic amines) is 1. The molecule has 0 saturated carbocycles. The van der Waals surface area contributed by atoms with Crippen molar-refractivity contribution in [2.75, 3.05) is 13.1 Å². The van der Waals surface area contributed by atoms with Crippen LogP contribution in [0.5, 0.6) is 11.6 Å². The average molecular weight is 351 g/mol. The zero-order chi connectivity index (χ0) is 17.9. The van der Waals surface area contributed by atoms with Crippen LogP contribution in [0.25, 0.3) is 0 Å². The lowest BCUT2D eigenvalue weighted by Crippen LogP contribution is -2.29. The van der Waals surface area contributed by atoms with Gasteiger partial charge in [0.2, 0.25) is 5.88 Å². The molecule has 2 aromatic rings. The van der Waals surface area contributed by atoms with E-state index in [0.29, 0.717) is 11.7 Å². The van der Waals surface area contributed by atoms with Gasteiger partial charge < -0.3 is 14.8 Å². The second kappa shape index (κ2) is 7.36. The largest absolute Gasteiger partial charge is 0.438 e. The molecule has 1 fully saturated rings. The molecule has 0 atom stereocenters. The lowest BCUT2D eigenvalue weighted by molar-refractivity contribution is 0.306.